The fourth-order valence-electron chi connectivity index (χ4n) is 1.79. The largest absolute Gasteiger partial charge is 0.480 e. The average molecular weight is 183 g/mol. The van der Waals surface area contributed by atoms with Gasteiger partial charge in [0, 0.05) is 6.54 Å². The van der Waals surface area contributed by atoms with Gasteiger partial charge in [0.1, 0.15) is 5.54 Å². The number of carboxylic acid groups (broad SMARTS) is 1. The molecule has 1 atom stereocenters. The van der Waals surface area contributed by atoms with Gasteiger partial charge in [-0.3, -0.25) is 9.69 Å². The van der Waals surface area contributed by atoms with E-state index in [1.807, 2.05) is 30.9 Å². The molecule has 1 N–H and O–H groups in total. The zero-order chi connectivity index (χ0) is 9.90. The molecule has 3 nitrogen and oxygen atoms in total. The van der Waals surface area contributed by atoms with E-state index in [9.17, 15) is 4.79 Å². The monoisotopic (exact) mass is 183 g/mol. The van der Waals surface area contributed by atoms with Gasteiger partial charge in [0.05, 0.1) is 0 Å². The maximum atomic E-state index is 11.0. The smallest absolute Gasteiger partial charge is 0.323 e. The molecule has 1 saturated heterocycles. The normalized spacial score (nSPS) is 30.0. The molecule has 0 radical (unpaired) electrons. The third-order valence-electron chi connectivity index (χ3n) is 2.81. The molecule has 0 saturated carbocycles. The van der Waals surface area contributed by atoms with Gasteiger partial charge in [-0.15, -0.1) is 0 Å². The number of nitrogens with zero attached hydrogens (tertiary/aromatic N) is 1. The molecule has 0 spiro atoms. The first-order chi connectivity index (χ1) is 6.11. The Hall–Kier alpha value is -0.830. The Morgan fingerprint density at radius 3 is 2.92 bits per heavy atom. The first-order valence-corrected chi connectivity index (χ1v) is 4.71. The van der Waals surface area contributed by atoms with Crippen molar-refractivity contribution in [2.45, 2.75) is 32.2 Å². The van der Waals surface area contributed by atoms with Crippen molar-refractivity contribution >= 4 is 5.97 Å². The number of rotatable bonds is 3. The fraction of sp³-hybridized carbons (Fsp3) is 0.700. The van der Waals surface area contributed by atoms with Gasteiger partial charge in [0.25, 0.3) is 0 Å². The maximum Gasteiger partial charge on any atom is 0.323 e. The van der Waals surface area contributed by atoms with Gasteiger partial charge < -0.3 is 5.11 Å². The molecule has 0 amide bonds. The maximum absolute atomic E-state index is 11.0. The molecular weight excluding hydrogens is 166 g/mol. The highest BCUT2D eigenvalue weighted by Crippen LogP contribution is 2.28. The number of likely N-dealkylation sites (tertiary alicyclic amines) is 1. The quantitative estimate of drug-likeness (QED) is 0.674. The van der Waals surface area contributed by atoms with Crippen molar-refractivity contribution in [2.75, 3.05) is 13.1 Å². The molecule has 1 aliphatic rings. The second kappa shape index (κ2) is 3.92. The molecule has 1 aliphatic heterocycles. The minimum atomic E-state index is -0.700. The SMILES string of the molecule is C/C=C/CN1CCCC1(C)C(=O)O. The summed E-state index contributed by atoms with van der Waals surface area (Å²) >= 11 is 0. The lowest BCUT2D eigenvalue weighted by molar-refractivity contribution is -0.148. The van der Waals surface area contributed by atoms with E-state index in [0.29, 0.717) is 0 Å². The molecule has 1 fully saturated rings. The zero-order valence-electron chi connectivity index (χ0n) is 8.29. The summed E-state index contributed by atoms with van der Waals surface area (Å²) in [4.78, 5) is 13.1. The molecule has 0 aromatic heterocycles. The first kappa shape index (κ1) is 10.3. The minimum Gasteiger partial charge on any atom is -0.480 e. The van der Waals surface area contributed by atoms with Crippen LogP contribution in [0.25, 0.3) is 0 Å². The Kier molecular flexibility index (Phi) is 3.09. The molecular formula is C10H17NO2. The van der Waals surface area contributed by atoms with E-state index in [4.69, 9.17) is 5.11 Å². The second-order valence-electron chi connectivity index (χ2n) is 3.70. The van der Waals surface area contributed by atoms with Crippen molar-refractivity contribution in [3.8, 4) is 0 Å². The summed E-state index contributed by atoms with van der Waals surface area (Å²) < 4.78 is 0. The molecule has 1 rings (SSSR count). The minimum absolute atomic E-state index is 0.639. The third-order valence-corrected chi connectivity index (χ3v) is 2.81. The number of hydrogen-bond donors (Lipinski definition) is 1. The topological polar surface area (TPSA) is 40.5 Å². The first-order valence-electron chi connectivity index (χ1n) is 4.71. The molecule has 1 unspecified atom stereocenters. The van der Waals surface area contributed by atoms with E-state index in [-0.39, 0.29) is 0 Å². The van der Waals surface area contributed by atoms with Crippen LogP contribution in [0.3, 0.4) is 0 Å². The van der Waals surface area contributed by atoms with Gasteiger partial charge in [0.15, 0.2) is 0 Å². The Morgan fingerprint density at radius 2 is 2.38 bits per heavy atom. The van der Waals surface area contributed by atoms with Crippen LogP contribution in [-0.4, -0.2) is 34.6 Å². The summed E-state index contributed by atoms with van der Waals surface area (Å²) in [6.07, 6.45) is 5.72. The van der Waals surface area contributed by atoms with E-state index in [1.165, 1.54) is 0 Å². The van der Waals surface area contributed by atoms with Crippen molar-refractivity contribution in [2.24, 2.45) is 0 Å². The second-order valence-corrected chi connectivity index (χ2v) is 3.70. The van der Waals surface area contributed by atoms with Crippen molar-refractivity contribution < 1.29 is 9.90 Å². The zero-order valence-corrected chi connectivity index (χ0v) is 8.29. The predicted molar refractivity (Wildman–Crippen MR) is 51.7 cm³/mol. The highest BCUT2D eigenvalue weighted by atomic mass is 16.4. The van der Waals surface area contributed by atoms with E-state index in [2.05, 4.69) is 0 Å². The molecule has 1 heterocycles. The van der Waals surface area contributed by atoms with Gasteiger partial charge in [-0.25, -0.2) is 0 Å². The number of carbonyl (C=O) groups is 1. The van der Waals surface area contributed by atoms with E-state index >= 15 is 0 Å². The molecule has 0 bridgehead atoms. The van der Waals surface area contributed by atoms with E-state index in [1.54, 1.807) is 0 Å². The Morgan fingerprint density at radius 1 is 1.69 bits per heavy atom. The van der Waals surface area contributed by atoms with Crippen LogP contribution in [-0.2, 0) is 4.79 Å². The highest BCUT2D eigenvalue weighted by molar-refractivity contribution is 5.78. The van der Waals surface area contributed by atoms with Gasteiger partial charge in [-0.1, -0.05) is 12.2 Å². The van der Waals surface area contributed by atoms with E-state index < -0.39 is 11.5 Å². The Balaban J connectivity index is 2.67. The van der Waals surface area contributed by atoms with Crippen LogP contribution in [0, 0.1) is 0 Å². The van der Waals surface area contributed by atoms with E-state index in [0.717, 1.165) is 25.9 Å². The summed E-state index contributed by atoms with van der Waals surface area (Å²) in [7, 11) is 0. The molecule has 0 aromatic carbocycles. The highest BCUT2D eigenvalue weighted by Gasteiger charge is 2.42. The van der Waals surface area contributed by atoms with Crippen molar-refractivity contribution in [3.05, 3.63) is 12.2 Å². The van der Waals surface area contributed by atoms with Crippen LogP contribution in [0.5, 0.6) is 0 Å². The van der Waals surface area contributed by atoms with Crippen LogP contribution < -0.4 is 0 Å². The van der Waals surface area contributed by atoms with Crippen molar-refractivity contribution in [1.29, 1.82) is 0 Å². The lowest BCUT2D eigenvalue weighted by Crippen LogP contribution is -2.47. The molecule has 13 heavy (non-hydrogen) atoms. The van der Waals surface area contributed by atoms with Gasteiger partial charge in [-0.2, -0.15) is 0 Å². The molecule has 74 valence electrons. The predicted octanol–water partition coefficient (Wildman–Crippen LogP) is 1.50. The van der Waals surface area contributed by atoms with Crippen LogP contribution in [0.4, 0.5) is 0 Å². The summed E-state index contributed by atoms with van der Waals surface area (Å²) in [5.41, 5.74) is -0.639. The summed E-state index contributed by atoms with van der Waals surface area (Å²) in [6, 6.07) is 0. The lowest BCUT2D eigenvalue weighted by Gasteiger charge is -2.29. The van der Waals surface area contributed by atoms with Crippen molar-refractivity contribution in [1.82, 2.24) is 4.90 Å². The molecule has 0 aromatic rings. The third kappa shape index (κ3) is 1.91. The number of hydrogen-bond acceptors (Lipinski definition) is 2. The van der Waals surface area contributed by atoms with Crippen LogP contribution in [0.1, 0.15) is 26.7 Å². The van der Waals surface area contributed by atoms with Gasteiger partial charge in [0.2, 0.25) is 0 Å². The average Bonchev–Trinajstić information content (AvgIpc) is 2.45. The standard InChI is InChI=1S/C10H17NO2/c1-3-4-7-11-8-5-6-10(11,2)9(12)13/h3-4H,5-8H2,1-2H3,(H,12,13)/b4-3+. The van der Waals surface area contributed by atoms with Crippen molar-refractivity contribution in [3.63, 3.8) is 0 Å². The van der Waals surface area contributed by atoms with Crippen LogP contribution >= 0.6 is 0 Å². The van der Waals surface area contributed by atoms with Crippen LogP contribution in [0.2, 0.25) is 0 Å². The number of aliphatic carboxylic acids is 1. The van der Waals surface area contributed by atoms with Gasteiger partial charge >= 0.3 is 5.97 Å². The number of allylic oxidation sites excluding steroid dienone is 1. The Bertz CT molecular complexity index is 225. The molecule has 0 aliphatic carbocycles. The summed E-state index contributed by atoms with van der Waals surface area (Å²) in [5.74, 6) is -0.700. The van der Waals surface area contributed by atoms with Gasteiger partial charge in [-0.05, 0) is 33.2 Å². The summed E-state index contributed by atoms with van der Waals surface area (Å²) in [5, 5.41) is 9.08. The molecule has 3 heteroatoms. The Labute approximate surface area is 79.0 Å². The fourth-order valence-corrected chi connectivity index (χ4v) is 1.79. The lowest BCUT2D eigenvalue weighted by atomic mass is 9.99. The summed E-state index contributed by atoms with van der Waals surface area (Å²) in [6.45, 7) is 5.41. The van der Waals surface area contributed by atoms with Crippen LogP contribution in [0.15, 0.2) is 12.2 Å². The number of carboxylic acids is 1.